The smallest absolute Gasteiger partial charge is 0.324 e. The fourth-order valence-electron chi connectivity index (χ4n) is 2.00. The lowest BCUT2D eigenvalue weighted by molar-refractivity contribution is -0.137. The first-order valence-corrected chi connectivity index (χ1v) is 6.02. The molecule has 20 heavy (non-hydrogen) atoms. The van der Waals surface area contributed by atoms with Crippen molar-refractivity contribution >= 4 is 0 Å². The molecule has 0 fully saturated rings. The first kappa shape index (κ1) is 14.5. The number of hydrogen-bond acceptors (Lipinski definition) is 1. The molecule has 0 aliphatic carbocycles. The average Bonchev–Trinajstić information content (AvgIpc) is 2.38. The van der Waals surface area contributed by atoms with Gasteiger partial charge in [0.25, 0.3) is 0 Å². The highest BCUT2D eigenvalue weighted by Crippen LogP contribution is 2.38. The van der Waals surface area contributed by atoms with Crippen LogP contribution in [0.3, 0.4) is 0 Å². The first-order valence-electron chi connectivity index (χ1n) is 6.02. The molecule has 0 amide bonds. The number of nitrogens with two attached hydrogens (primary N) is 1. The quantitative estimate of drug-likeness (QED) is 0.805. The number of benzene rings is 2. The zero-order valence-corrected chi connectivity index (χ0v) is 10.7. The van der Waals surface area contributed by atoms with Gasteiger partial charge in [-0.25, -0.2) is 4.39 Å². The van der Waals surface area contributed by atoms with Crippen LogP contribution in [0.2, 0.25) is 0 Å². The maximum absolute atomic E-state index is 13.9. The predicted octanol–water partition coefficient (Wildman–Crippen LogP) is 4.53. The van der Waals surface area contributed by atoms with Crippen LogP contribution >= 0.6 is 0 Å². The van der Waals surface area contributed by atoms with Crippen molar-refractivity contribution < 1.29 is 17.6 Å². The fourth-order valence-corrected chi connectivity index (χ4v) is 2.00. The van der Waals surface area contributed by atoms with Crippen molar-refractivity contribution in [2.45, 2.75) is 19.1 Å². The minimum atomic E-state index is -4.53. The van der Waals surface area contributed by atoms with Crippen molar-refractivity contribution in [3.8, 4) is 11.1 Å². The van der Waals surface area contributed by atoms with Crippen LogP contribution in [0.4, 0.5) is 17.6 Å². The van der Waals surface area contributed by atoms with E-state index in [0.29, 0.717) is 5.56 Å². The van der Waals surface area contributed by atoms with Gasteiger partial charge in [-0.05, 0) is 36.2 Å². The van der Waals surface area contributed by atoms with Gasteiger partial charge in [0.2, 0.25) is 0 Å². The summed E-state index contributed by atoms with van der Waals surface area (Å²) in [4.78, 5) is 0. The lowest BCUT2D eigenvalue weighted by Gasteiger charge is -2.15. The van der Waals surface area contributed by atoms with Gasteiger partial charge in [-0.3, -0.25) is 0 Å². The zero-order chi connectivity index (χ0) is 14.9. The van der Waals surface area contributed by atoms with Gasteiger partial charge in [0, 0.05) is 11.6 Å². The molecule has 5 heteroatoms. The van der Waals surface area contributed by atoms with Crippen LogP contribution in [0.1, 0.15) is 24.1 Å². The van der Waals surface area contributed by atoms with E-state index < -0.39 is 17.6 Å². The van der Waals surface area contributed by atoms with E-state index in [1.165, 1.54) is 30.3 Å². The fraction of sp³-hybridized carbons (Fsp3) is 0.200. The summed E-state index contributed by atoms with van der Waals surface area (Å²) in [7, 11) is 0. The molecule has 0 radical (unpaired) electrons. The molecule has 1 unspecified atom stereocenters. The molecule has 0 bridgehead atoms. The summed E-state index contributed by atoms with van der Waals surface area (Å²) in [5.74, 6) is -0.703. The molecule has 1 nitrogen and oxygen atoms in total. The topological polar surface area (TPSA) is 26.0 Å². The maximum Gasteiger partial charge on any atom is 0.417 e. The van der Waals surface area contributed by atoms with Crippen LogP contribution in [0.15, 0.2) is 42.5 Å². The Labute approximate surface area is 114 Å². The second-order valence-electron chi connectivity index (χ2n) is 4.57. The first-order chi connectivity index (χ1) is 9.30. The maximum atomic E-state index is 13.9. The third-order valence-corrected chi connectivity index (χ3v) is 3.04. The van der Waals surface area contributed by atoms with E-state index in [0.717, 1.165) is 12.1 Å². The number of hydrogen-bond donors (Lipinski definition) is 1. The molecular weight excluding hydrogens is 270 g/mol. The van der Waals surface area contributed by atoms with E-state index in [1.54, 1.807) is 6.92 Å². The van der Waals surface area contributed by atoms with Gasteiger partial charge < -0.3 is 5.73 Å². The van der Waals surface area contributed by atoms with Crippen molar-refractivity contribution in [1.82, 2.24) is 0 Å². The van der Waals surface area contributed by atoms with Crippen LogP contribution in [-0.2, 0) is 6.18 Å². The minimum absolute atomic E-state index is 0.0901. The molecule has 2 aromatic carbocycles. The van der Waals surface area contributed by atoms with Crippen molar-refractivity contribution in [2.24, 2.45) is 5.73 Å². The van der Waals surface area contributed by atoms with Gasteiger partial charge in [-0.2, -0.15) is 13.2 Å². The van der Waals surface area contributed by atoms with Gasteiger partial charge in [-0.15, -0.1) is 0 Å². The van der Waals surface area contributed by atoms with Crippen LogP contribution < -0.4 is 5.73 Å². The van der Waals surface area contributed by atoms with E-state index in [1.807, 2.05) is 0 Å². The van der Waals surface area contributed by atoms with Crippen LogP contribution in [-0.4, -0.2) is 0 Å². The summed E-state index contributed by atoms with van der Waals surface area (Å²) in [6.07, 6.45) is -4.53. The Morgan fingerprint density at radius 2 is 1.65 bits per heavy atom. The predicted molar refractivity (Wildman–Crippen MR) is 69.4 cm³/mol. The normalized spacial score (nSPS) is 13.3. The molecule has 0 aliphatic rings. The van der Waals surface area contributed by atoms with E-state index in [4.69, 9.17) is 5.73 Å². The second-order valence-corrected chi connectivity index (χ2v) is 4.57. The Morgan fingerprint density at radius 3 is 2.25 bits per heavy atom. The van der Waals surface area contributed by atoms with Gasteiger partial charge in [0.1, 0.15) is 5.82 Å². The van der Waals surface area contributed by atoms with Gasteiger partial charge in [0.15, 0.2) is 0 Å². The Morgan fingerprint density at radius 1 is 1.00 bits per heavy atom. The molecular formula is C15H13F4N. The molecule has 106 valence electrons. The largest absolute Gasteiger partial charge is 0.417 e. The highest BCUT2D eigenvalue weighted by molar-refractivity contribution is 5.69. The van der Waals surface area contributed by atoms with Gasteiger partial charge >= 0.3 is 6.18 Å². The molecule has 0 saturated heterocycles. The number of alkyl halides is 3. The highest BCUT2D eigenvalue weighted by Gasteiger charge is 2.33. The Kier molecular flexibility index (Phi) is 3.81. The molecule has 0 saturated carbocycles. The Balaban J connectivity index is 2.66. The minimum Gasteiger partial charge on any atom is -0.324 e. The molecule has 0 aromatic heterocycles. The summed E-state index contributed by atoms with van der Waals surface area (Å²) >= 11 is 0. The number of rotatable bonds is 2. The molecule has 2 aromatic rings. The van der Waals surface area contributed by atoms with E-state index in [-0.39, 0.29) is 17.2 Å². The average molecular weight is 283 g/mol. The Bertz CT molecular complexity index is 618. The van der Waals surface area contributed by atoms with Crippen molar-refractivity contribution in [3.05, 3.63) is 59.4 Å². The molecule has 0 heterocycles. The summed E-state index contributed by atoms with van der Waals surface area (Å²) < 4.78 is 52.8. The SMILES string of the molecule is CC(N)c1ccc(F)c(-c2ccccc2C(F)(F)F)c1. The molecule has 0 spiro atoms. The molecule has 2 N–H and O–H groups in total. The second kappa shape index (κ2) is 5.25. The van der Waals surface area contributed by atoms with Gasteiger partial charge in [0.05, 0.1) is 5.56 Å². The van der Waals surface area contributed by atoms with Crippen molar-refractivity contribution in [1.29, 1.82) is 0 Å². The monoisotopic (exact) mass is 283 g/mol. The number of halogens is 4. The summed E-state index contributed by atoms with van der Waals surface area (Å²) in [5, 5.41) is 0. The third-order valence-electron chi connectivity index (χ3n) is 3.04. The third kappa shape index (κ3) is 2.82. The van der Waals surface area contributed by atoms with Crippen LogP contribution in [0.25, 0.3) is 11.1 Å². The zero-order valence-electron chi connectivity index (χ0n) is 10.7. The lowest BCUT2D eigenvalue weighted by Crippen LogP contribution is -2.09. The van der Waals surface area contributed by atoms with E-state index in [2.05, 4.69) is 0 Å². The summed E-state index contributed by atoms with van der Waals surface area (Å²) in [6, 6.07) is 8.51. The summed E-state index contributed by atoms with van der Waals surface area (Å²) in [5.41, 5.74) is 5.14. The van der Waals surface area contributed by atoms with Crippen LogP contribution in [0, 0.1) is 5.82 Å². The Hall–Kier alpha value is -1.88. The lowest BCUT2D eigenvalue weighted by atomic mass is 9.96. The summed E-state index contributed by atoms with van der Waals surface area (Å²) in [6.45, 7) is 1.69. The molecule has 0 aliphatic heterocycles. The van der Waals surface area contributed by atoms with Crippen molar-refractivity contribution in [2.75, 3.05) is 0 Å². The molecule has 1 atom stereocenters. The van der Waals surface area contributed by atoms with Crippen LogP contribution in [0.5, 0.6) is 0 Å². The van der Waals surface area contributed by atoms with E-state index in [9.17, 15) is 17.6 Å². The standard InChI is InChI=1S/C15H13F4N/c1-9(20)10-6-7-14(16)12(8-10)11-4-2-3-5-13(11)15(17,18)19/h2-9H,20H2,1H3. The highest BCUT2D eigenvalue weighted by atomic mass is 19.4. The van der Waals surface area contributed by atoms with Gasteiger partial charge in [-0.1, -0.05) is 24.3 Å². The van der Waals surface area contributed by atoms with Crippen molar-refractivity contribution in [3.63, 3.8) is 0 Å². The van der Waals surface area contributed by atoms with E-state index >= 15 is 0 Å². The molecule has 2 rings (SSSR count).